The van der Waals surface area contributed by atoms with Gasteiger partial charge in [-0.3, -0.25) is 0 Å². The molecule has 0 saturated carbocycles. The van der Waals surface area contributed by atoms with Crippen molar-refractivity contribution in [2.24, 2.45) is 0 Å². The maximum Gasteiger partial charge on any atom is 1.00 e. The molecule has 0 aliphatic rings. The molecule has 0 spiro atoms. The minimum absolute atomic E-state index is 0. The molecule has 62 valence electrons. The van der Waals surface area contributed by atoms with Crippen molar-refractivity contribution in [3.8, 4) is 0 Å². The molecule has 0 bridgehead atoms. The van der Waals surface area contributed by atoms with Gasteiger partial charge in [0.15, 0.2) is 0 Å². The number of rotatable bonds is 5. The van der Waals surface area contributed by atoms with E-state index in [0.29, 0.717) is 6.42 Å². The van der Waals surface area contributed by atoms with Gasteiger partial charge in [0.05, 0.1) is 0 Å². The van der Waals surface area contributed by atoms with Crippen LogP contribution in [0.15, 0.2) is 0 Å². The van der Waals surface area contributed by atoms with Gasteiger partial charge in [-0.15, -0.1) is 0 Å². The van der Waals surface area contributed by atoms with Crippen LogP contribution in [0.2, 0.25) is 0 Å². The number of unbranched alkanes of at least 4 members (excludes halogenated alkanes) is 3. The summed E-state index contributed by atoms with van der Waals surface area (Å²) in [5, 5.41) is 0. The van der Waals surface area contributed by atoms with Crippen LogP contribution in [-0.4, -0.2) is 6.16 Å². The maximum absolute atomic E-state index is 10.1. The van der Waals surface area contributed by atoms with Gasteiger partial charge in [0.2, 0.25) is 0 Å². The second-order valence-electron chi connectivity index (χ2n) is 2.40. The zero-order chi connectivity index (χ0) is 8.04. The van der Waals surface area contributed by atoms with E-state index in [1.54, 1.807) is 0 Å². The van der Waals surface area contributed by atoms with Crippen LogP contribution in [0.25, 0.3) is 0 Å². The zero-order valence-electron chi connectivity index (χ0n) is 8.21. The molecular formula is C6H13K2O3P. The van der Waals surface area contributed by atoms with E-state index in [2.05, 4.69) is 0 Å². The Bertz CT molecular complexity index is 87.4. The van der Waals surface area contributed by atoms with Crippen LogP contribution < -0.4 is 117 Å². The second kappa shape index (κ2) is 12.7. The molecule has 0 aromatic rings. The monoisotopic (exact) mass is 242 g/mol. The molecule has 0 heterocycles. The molecule has 0 N–H and O–H groups in total. The summed E-state index contributed by atoms with van der Waals surface area (Å²) in [6.07, 6.45) is 3.28. The molecule has 0 aliphatic carbocycles. The van der Waals surface area contributed by atoms with Gasteiger partial charge in [-0.2, -0.15) is 7.94 Å². The summed E-state index contributed by atoms with van der Waals surface area (Å²) in [6.45, 7) is 2.04. The molecule has 0 saturated heterocycles. The topological polar surface area (TPSA) is 69.2 Å². The Labute approximate surface area is 160 Å². The summed E-state index contributed by atoms with van der Waals surface area (Å²) in [7, 11) is -4.21. The van der Waals surface area contributed by atoms with Crippen LogP contribution >= 0.6 is 7.94 Å². The second-order valence-corrected chi connectivity index (χ2v) is 4.06. The fourth-order valence-electron chi connectivity index (χ4n) is 0.732. The summed E-state index contributed by atoms with van der Waals surface area (Å²) < 4.78 is 0. The zero-order valence-corrected chi connectivity index (χ0v) is 15.3. The van der Waals surface area contributed by atoms with Crippen LogP contribution in [0.5, 0.6) is 0 Å². The molecule has 0 aromatic carbocycles. The fraction of sp³-hybridized carbons (Fsp3) is 1.00. The van der Waals surface area contributed by atoms with Crippen molar-refractivity contribution in [3.63, 3.8) is 0 Å². The molecule has 0 aromatic heterocycles. The van der Waals surface area contributed by atoms with E-state index in [1.807, 2.05) is 6.92 Å². The first-order chi connectivity index (χ1) is 4.56. The molecule has 0 fully saturated rings. The summed E-state index contributed by atoms with van der Waals surface area (Å²) in [5.41, 5.74) is 0. The standard InChI is InChI=1S/C6H15O3P.2K/c1-2-3-4-5-6-10(7,8)9;;/h2-6H2,1H3,(H2,7,8,9);;/q;2*+1/p-2. The summed E-state index contributed by atoms with van der Waals surface area (Å²) in [5.74, 6) is 0. The third-order valence-electron chi connectivity index (χ3n) is 1.29. The minimum atomic E-state index is -4.21. The Morgan fingerprint density at radius 1 is 0.917 bits per heavy atom. The van der Waals surface area contributed by atoms with Gasteiger partial charge in [-0.1, -0.05) is 19.8 Å². The van der Waals surface area contributed by atoms with Crippen molar-refractivity contribution in [3.05, 3.63) is 0 Å². The third kappa shape index (κ3) is 19.2. The molecule has 0 unspecified atom stereocenters. The Morgan fingerprint density at radius 3 is 1.75 bits per heavy atom. The molecule has 12 heavy (non-hydrogen) atoms. The van der Waals surface area contributed by atoms with Gasteiger partial charge in [-0.25, -0.2) is 0 Å². The smallest absolute Gasteiger partial charge is 0.688 e. The third-order valence-corrected chi connectivity index (χ3v) is 2.15. The predicted molar refractivity (Wildman–Crippen MR) is 35.9 cm³/mol. The van der Waals surface area contributed by atoms with Crippen LogP contribution in [-0.2, 0) is 0 Å². The first-order valence-electron chi connectivity index (χ1n) is 3.57. The summed E-state index contributed by atoms with van der Waals surface area (Å²) >= 11 is 0. The SMILES string of the molecule is CCCCCC[P+]([O-])([O-])[O-].[K+].[K+]. The van der Waals surface area contributed by atoms with Gasteiger partial charge in [0.25, 0.3) is 0 Å². The van der Waals surface area contributed by atoms with E-state index in [9.17, 15) is 14.7 Å². The summed E-state index contributed by atoms with van der Waals surface area (Å²) in [4.78, 5) is 30.2. The van der Waals surface area contributed by atoms with Crippen LogP contribution in [0.4, 0.5) is 0 Å². The Hall–Kier alpha value is 3.58. The Kier molecular flexibility index (Phi) is 22.1. The fourth-order valence-corrected chi connectivity index (χ4v) is 1.34. The first-order valence-corrected chi connectivity index (χ1v) is 5.30. The van der Waals surface area contributed by atoms with Crippen molar-refractivity contribution in [1.82, 2.24) is 0 Å². The van der Waals surface area contributed by atoms with Crippen molar-refractivity contribution < 1.29 is 117 Å². The molecule has 0 aliphatic heterocycles. The number of hydrogen-bond acceptors (Lipinski definition) is 3. The molecular weight excluding hydrogens is 229 g/mol. The largest absolute Gasteiger partial charge is 1.00 e. The van der Waals surface area contributed by atoms with Crippen molar-refractivity contribution in [1.29, 1.82) is 0 Å². The number of hydrogen-bond donors (Lipinski definition) is 0. The molecule has 0 rings (SSSR count). The molecule has 6 heteroatoms. The van der Waals surface area contributed by atoms with E-state index < -0.39 is 7.94 Å². The molecule has 3 nitrogen and oxygen atoms in total. The normalized spacial score (nSPS) is 10.0. The van der Waals surface area contributed by atoms with Crippen LogP contribution in [0.1, 0.15) is 32.6 Å². The van der Waals surface area contributed by atoms with E-state index >= 15 is 0 Å². The predicted octanol–water partition coefficient (Wildman–Crippen LogP) is -6.58. The van der Waals surface area contributed by atoms with Crippen molar-refractivity contribution in [2.75, 3.05) is 6.16 Å². The Balaban J connectivity index is -0.000000405. The van der Waals surface area contributed by atoms with Crippen molar-refractivity contribution >= 4 is 7.94 Å². The van der Waals surface area contributed by atoms with E-state index in [4.69, 9.17) is 0 Å². The van der Waals surface area contributed by atoms with Gasteiger partial charge >= 0.3 is 103 Å². The van der Waals surface area contributed by atoms with Gasteiger partial charge in [0, 0.05) is 6.16 Å². The minimum Gasteiger partial charge on any atom is -0.688 e. The molecule has 0 amide bonds. The van der Waals surface area contributed by atoms with Crippen molar-refractivity contribution in [2.45, 2.75) is 32.6 Å². The van der Waals surface area contributed by atoms with E-state index in [-0.39, 0.29) is 109 Å². The van der Waals surface area contributed by atoms with E-state index in [1.165, 1.54) is 0 Å². The van der Waals surface area contributed by atoms with Gasteiger partial charge < -0.3 is 14.7 Å². The van der Waals surface area contributed by atoms with E-state index in [0.717, 1.165) is 19.3 Å². The molecule has 0 radical (unpaired) electrons. The first kappa shape index (κ1) is 20.9. The average molecular weight is 242 g/mol. The van der Waals surface area contributed by atoms with Gasteiger partial charge in [-0.05, 0) is 12.8 Å². The van der Waals surface area contributed by atoms with Crippen LogP contribution in [0, 0.1) is 0 Å². The average Bonchev–Trinajstić information content (AvgIpc) is 1.78. The van der Waals surface area contributed by atoms with Crippen LogP contribution in [0.3, 0.4) is 0 Å². The molecule has 0 atom stereocenters. The summed E-state index contributed by atoms with van der Waals surface area (Å²) in [6, 6.07) is 0. The van der Waals surface area contributed by atoms with Gasteiger partial charge in [0.1, 0.15) is 0 Å². The Morgan fingerprint density at radius 2 is 1.42 bits per heavy atom. The quantitative estimate of drug-likeness (QED) is 0.273. The maximum atomic E-state index is 10.1.